The number of carbonyl (C=O) groups is 2. The number of hydrogen-bond donors (Lipinski definition) is 3. The minimum atomic E-state index is -1.66. The van der Waals surface area contributed by atoms with Gasteiger partial charge in [0.25, 0.3) is 0 Å². The second kappa shape index (κ2) is 7.75. The standard InChI is InChI=1S/C19H21NO4/c20-19(18(23)24,13-15-9-5-2-6-10-15)16(12-17(21)22)11-14-7-3-1-4-8-14/h1-10,16H,11-13,20H2,(H,21,22)(H,23,24). The van der Waals surface area contributed by atoms with Gasteiger partial charge in [-0.25, -0.2) is 0 Å². The Morgan fingerprint density at radius 2 is 1.42 bits per heavy atom. The number of hydrogen-bond acceptors (Lipinski definition) is 3. The van der Waals surface area contributed by atoms with Crippen LogP contribution >= 0.6 is 0 Å². The highest BCUT2D eigenvalue weighted by Gasteiger charge is 2.43. The molecule has 0 radical (unpaired) electrons. The van der Waals surface area contributed by atoms with Crippen molar-refractivity contribution in [1.82, 2.24) is 0 Å². The number of benzene rings is 2. The lowest BCUT2D eigenvalue weighted by atomic mass is 9.75. The Hall–Kier alpha value is -2.66. The molecule has 2 aromatic carbocycles. The van der Waals surface area contributed by atoms with Crippen LogP contribution in [-0.2, 0) is 22.4 Å². The molecule has 0 saturated heterocycles. The molecule has 2 unspecified atom stereocenters. The lowest BCUT2D eigenvalue weighted by molar-refractivity contribution is -0.147. The van der Waals surface area contributed by atoms with Crippen molar-refractivity contribution in [3.8, 4) is 0 Å². The van der Waals surface area contributed by atoms with Crippen LogP contribution < -0.4 is 5.73 Å². The molecule has 0 aliphatic carbocycles. The Labute approximate surface area is 140 Å². The van der Waals surface area contributed by atoms with Crippen LogP contribution in [0.3, 0.4) is 0 Å². The smallest absolute Gasteiger partial charge is 0.324 e. The van der Waals surface area contributed by atoms with E-state index in [1.807, 2.05) is 36.4 Å². The maximum atomic E-state index is 11.9. The van der Waals surface area contributed by atoms with Crippen molar-refractivity contribution in [3.05, 3.63) is 71.8 Å². The predicted octanol–water partition coefficient (Wildman–Crippen LogP) is 2.34. The maximum absolute atomic E-state index is 11.9. The van der Waals surface area contributed by atoms with Crippen molar-refractivity contribution in [3.63, 3.8) is 0 Å². The van der Waals surface area contributed by atoms with Gasteiger partial charge in [-0.3, -0.25) is 9.59 Å². The summed E-state index contributed by atoms with van der Waals surface area (Å²) in [6, 6.07) is 18.3. The van der Waals surface area contributed by atoms with E-state index in [1.165, 1.54) is 0 Å². The molecule has 0 aromatic heterocycles. The SMILES string of the molecule is NC(Cc1ccccc1)(C(=O)O)C(CC(=O)O)Cc1ccccc1. The van der Waals surface area contributed by atoms with Gasteiger partial charge in [-0.1, -0.05) is 60.7 Å². The van der Waals surface area contributed by atoms with E-state index in [-0.39, 0.29) is 12.8 Å². The minimum Gasteiger partial charge on any atom is -0.481 e. The van der Waals surface area contributed by atoms with Crippen molar-refractivity contribution < 1.29 is 19.8 Å². The highest BCUT2D eigenvalue weighted by Crippen LogP contribution is 2.27. The van der Waals surface area contributed by atoms with Crippen LogP contribution in [0.1, 0.15) is 17.5 Å². The molecule has 0 fully saturated rings. The fourth-order valence-electron chi connectivity index (χ4n) is 2.87. The van der Waals surface area contributed by atoms with Gasteiger partial charge in [0.2, 0.25) is 0 Å². The molecule has 0 bridgehead atoms. The predicted molar refractivity (Wildman–Crippen MR) is 90.6 cm³/mol. The first-order chi connectivity index (χ1) is 11.4. The van der Waals surface area contributed by atoms with Gasteiger partial charge in [0.05, 0.1) is 6.42 Å². The first-order valence-electron chi connectivity index (χ1n) is 7.73. The number of nitrogens with two attached hydrogens (primary N) is 1. The van der Waals surface area contributed by atoms with Crippen LogP contribution in [-0.4, -0.2) is 27.7 Å². The first-order valence-corrected chi connectivity index (χ1v) is 7.73. The molecule has 0 saturated carbocycles. The van der Waals surface area contributed by atoms with Gasteiger partial charge in [-0.05, 0) is 17.5 Å². The number of carboxylic acid groups (broad SMARTS) is 2. The van der Waals surface area contributed by atoms with Gasteiger partial charge in [-0.2, -0.15) is 0 Å². The first kappa shape index (κ1) is 17.7. The number of carboxylic acids is 2. The highest BCUT2D eigenvalue weighted by molar-refractivity contribution is 5.81. The molecule has 0 aliphatic heterocycles. The van der Waals surface area contributed by atoms with E-state index in [1.54, 1.807) is 24.3 Å². The van der Waals surface area contributed by atoms with Gasteiger partial charge in [0.15, 0.2) is 0 Å². The molecule has 2 aromatic rings. The van der Waals surface area contributed by atoms with Gasteiger partial charge in [0, 0.05) is 12.3 Å². The lowest BCUT2D eigenvalue weighted by Gasteiger charge is -2.33. The van der Waals surface area contributed by atoms with Gasteiger partial charge in [0.1, 0.15) is 5.54 Å². The van der Waals surface area contributed by atoms with Crippen LogP contribution in [0.25, 0.3) is 0 Å². The number of aliphatic carboxylic acids is 2. The second-order valence-corrected chi connectivity index (χ2v) is 5.99. The zero-order chi connectivity index (χ0) is 17.6. The molecular formula is C19H21NO4. The third-order valence-electron chi connectivity index (χ3n) is 4.21. The third-order valence-corrected chi connectivity index (χ3v) is 4.21. The normalized spacial score (nSPS) is 14.5. The van der Waals surface area contributed by atoms with E-state index in [2.05, 4.69) is 0 Å². The van der Waals surface area contributed by atoms with Gasteiger partial charge in [-0.15, -0.1) is 0 Å². The molecule has 0 amide bonds. The van der Waals surface area contributed by atoms with E-state index in [9.17, 15) is 19.8 Å². The highest BCUT2D eigenvalue weighted by atomic mass is 16.4. The summed E-state index contributed by atoms with van der Waals surface area (Å²) in [7, 11) is 0. The van der Waals surface area contributed by atoms with Crippen molar-refractivity contribution >= 4 is 11.9 Å². The summed E-state index contributed by atoms with van der Waals surface area (Å²) < 4.78 is 0. The van der Waals surface area contributed by atoms with Crippen LogP contribution in [0.2, 0.25) is 0 Å². The molecule has 0 aliphatic rings. The Morgan fingerprint density at radius 3 is 1.88 bits per heavy atom. The summed E-state index contributed by atoms with van der Waals surface area (Å²) in [4.78, 5) is 23.2. The molecule has 126 valence electrons. The molecular weight excluding hydrogens is 306 g/mol. The molecule has 24 heavy (non-hydrogen) atoms. The minimum absolute atomic E-state index is 0.0773. The van der Waals surface area contributed by atoms with E-state index >= 15 is 0 Å². The van der Waals surface area contributed by atoms with Crippen molar-refractivity contribution in [2.24, 2.45) is 11.7 Å². The molecule has 5 nitrogen and oxygen atoms in total. The van der Waals surface area contributed by atoms with Crippen molar-refractivity contribution in [2.75, 3.05) is 0 Å². The largest absolute Gasteiger partial charge is 0.481 e. The zero-order valence-corrected chi connectivity index (χ0v) is 13.3. The maximum Gasteiger partial charge on any atom is 0.324 e. The van der Waals surface area contributed by atoms with Crippen molar-refractivity contribution in [1.29, 1.82) is 0 Å². The third kappa shape index (κ3) is 4.43. The molecule has 0 spiro atoms. The summed E-state index contributed by atoms with van der Waals surface area (Å²) in [5.74, 6) is -2.97. The summed E-state index contributed by atoms with van der Waals surface area (Å²) in [5.41, 5.74) is 6.23. The van der Waals surface area contributed by atoms with E-state index in [0.717, 1.165) is 11.1 Å². The molecule has 4 N–H and O–H groups in total. The summed E-state index contributed by atoms with van der Waals surface area (Å²) in [6.45, 7) is 0. The second-order valence-electron chi connectivity index (χ2n) is 5.99. The van der Waals surface area contributed by atoms with Crippen molar-refractivity contribution in [2.45, 2.75) is 24.8 Å². The lowest BCUT2D eigenvalue weighted by Crippen LogP contribution is -2.57. The number of rotatable bonds is 8. The molecule has 2 rings (SSSR count). The Balaban J connectivity index is 2.33. The van der Waals surface area contributed by atoms with Gasteiger partial charge < -0.3 is 15.9 Å². The van der Waals surface area contributed by atoms with Gasteiger partial charge >= 0.3 is 11.9 Å². The van der Waals surface area contributed by atoms with Crippen LogP contribution in [0.15, 0.2) is 60.7 Å². The summed E-state index contributed by atoms with van der Waals surface area (Å²) in [6.07, 6.45) is 0.0707. The summed E-state index contributed by atoms with van der Waals surface area (Å²) in [5, 5.41) is 19.0. The van der Waals surface area contributed by atoms with E-state index < -0.39 is 23.4 Å². The molecule has 5 heteroatoms. The average molecular weight is 327 g/mol. The van der Waals surface area contributed by atoms with Crippen LogP contribution in [0.4, 0.5) is 0 Å². The fraction of sp³-hybridized carbons (Fsp3) is 0.263. The van der Waals surface area contributed by atoms with Crippen LogP contribution in [0.5, 0.6) is 0 Å². The topological polar surface area (TPSA) is 101 Å². The molecule has 2 atom stereocenters. The van der Waals surface area contributed by atoms with E-state index in [4.69, 9.17) is 5.73 Å². The molecule has 0 heterocycles. The fourth-order valence-corrected chi connectivity index (χ4v) is 2.87. The monoisotopic (exact) mass is 327 g/mol. The van der Waals surface area contributed by atoms with E-state index in [0.29, 0.717) is 6.42 Å². The van der Waals surface area contributed by atoms with Crippen LogP contribution in [0, 0.1) is 5.92 Å². The Kier molecular flexibility index (Phi) is 5.71. The quantitative estimate of drug-likeness (QED) is 0.691. The summed E-state index contributed by atoms with van der Waals surface area (Å²) >= 11 is 0. The Bertz CT molecular complexity index is 687. The Morgan fingerprint density at radius 1 is 0.917 bits per heavy atom. The average Bonchev–Trinajstić information content (AvgIpc) is 2.55. The zero-order valence-electron chi connectivity index (χ0n) is 13.3.